The number of hydrogen-bond acceptors (Lipinski definition) is 0. The van der Waals surface area contributed by atoms with E-state index in [0.29, 0.717) is 0 Å². The second-order valence-electron chi connectivity index (χ2n) is 19.8. The Hall–Kier alpha value is -5.74. The van der Waals surface area contributed by atoms with E-state index in [9.17, 15) is 0 Å². The molecule has 9 aromatic rings. The van der Waals surface area contributed by atoms with Crippen molar-refractivity contribution in [2.75, 3.05) is 0 Å². The summed E-state index contributed by atoms with van der Waals surface area (Å²) in [6.45, 7) is 9.71. The minimum Gasteiger partial charge on any atom is -1.00 e. The summed E-state index contributed by atoms with van der Waals surface area (Å²) in [6.07, 6.45) is 9.48. The standard InChI is InChI=1S/C69H63Si.3ClH.Ti/c1-51-50-69(4,53(3)52(51)2)70(66-47-60(41-54-23-11-5-12-24-54)35-38-63(66)44-57-29-17-8-18-30-57,67-48-61(42-55-25-13-6-14-26-55)36-39-64(67)45-58-31-19-9-20-32-58)68-49-62(43-56-27-15-7-16-28-56)37-40-65(68)46-59-33-21-10-22-34-59;;;;/h5-40,47-49H,41-46H2,1-4H3;3*1H;/q-1;;;;+4/p-3. The van der Waals surface area contributed by atoms with Gasteiger partial charge in [0, 0.05) is 0 Å². The molecule has 1 unspecified atom stereocenters. The maximum Gasteiger partial charge on any atom is 4.00 e. The molecule has 368 valence electrons. The predicted molar refractivity (Wildman–Crippen MR) is 299 cm³/mol. The fourth-order valence-corrected chi connectivity index (χ4v) is 18.3. The zero-order valence-electron chi connectivity index (χ0n) is 42.9. The number of rotatable bonds is 16. The van der Waals surface area contributed by atoms with Gasteiger partial charge in [-0.15, -0.1) is 6.92 Å². The van der Waals surface area contributed by atoms with Crippen molar-refractivity contribution in [1.29, 1.82) is 0 Å². The third kappa shape index (κ3) is 12.3. The van der Waals surface area contributed by atoms with Crippen LogP contribution >= 0.6 is 0 Å². The van der Waals surface area contributed by atoms with Crippen molar-refractivity contribution >= 4 is 23.6 Å². The van der Waals surface area contributed by atoms with Gasteiger partial charge in [0.05, 0.1) is 0 Å². The van der Waals surface area contributed by atoms with Crippen LogP contribution in [0.3, 0.4) is 0 Å². The van der Waals surface area contributed by atoms with Crippen LogP contribution in [0, 0.1) is 6.08 Å². The first-order chi connectivity index (χ1) is 34.3. The SMILES string of the molecule is CC1=[C-]C(C)([Si](c2cc(Cc3ccccc3)ccc2Cc2ccccc2)(c2cc(Cc3ccccc3)ccc2Cc2ccccc2)c2cc(Cc3ccccc3)ccc2Cc2ccccc2)C(C)=C1C.[Cl-].[Cl-].[Cl-].[Ti+4]. The van der Waals surface area contributed by atoms with Crippen LogP contribution in [0.1, 0.15) is 94.5 Å². The fraction of sp³-hybridized carbons (Fsp3) is 0.159. The molecule has 0 aliphatic heterocycles. The van der Waals surface area contributed by atoms with Gasteiger partial charge >= 0.3 is 21.7 Å². The first kappa shape index (κ1) is 57.5. The van der Waals surface area contributed by atoms with Gasteiger partial charge < -0.3 is 37.2 Å². The molecule has 74 heavy (non-hydrogen) atoms. The van der Waals surface area contributed by atoms with Crippen molar-refractivity contribution in [3.05, 3.63) is 326 Å². The van der Waals surface area contributed by atoms with Gasteiger partial charge in [-0.1, -0.05) is 262 Å². The van der Waals surface area contributed by atoms with Crippen LogP contribution in [0.2, 0.25) is 5.04 Å². The molecular formula is C69H63Cl3SiTi. The molecule has 1 aliphatic carbocycles. The van der Waals surface area contributed by atoms with Crippen LogP contribution in [0.25, 0.3) is 0 Å². The van der Waals surface area contributed by atoms with Gasteiger partial charge in [-0.2, -0.15) is 11.1 Å². The molecule has 0 amide bonds. The van der Waals surface area contributed by atoms with Crippen LogP contribution < -0.4 is 52.8 Å². The Morgan fingerprint density at radius 1 is 0.324 bits per heavy atom. The van der Waals surface area contributed by atoms with Crippen molar-refractivity contribution in [3.63, 3.8) is 0 Å². The van der Waals surface area contributed by atoms with E-state index >= 15 is 0 Å². The summed E-state index contributed by atoms with van der Waals surface area (Å²) in [5, 5.41) is 3.96. The van der Waals surface area contributed by atoms with Crippen LogP contribution in [0.5, 0.6) is 0 Å². The third-order valence-electron chi connectivity index (χ3n) is 15.3. The van der Waals surface area contributed by atoms with E-state index in [2.05, 4.69) is 270 Å². The first-order valence-corrected chi connectivity index (χ1v) is 27.2. The monoisotopic (exact) mass is 1070 g/mol. The van der Waals surface area contributed by atoms with Gasteiger partial charge in [-0.05, 0) is 121 Å². The number of allylic oxidation sites excluding steroid dienone is 4. The topological polar surface area (TPSA) is 0 Å². The number of halogens is 3. The summed E-state index contributed by atoms with van der Waals surface area (Å²) < 4.78 is 0. The molecule has 0 heterocycles. The van der Waals surface area contributed by atoms with Gasteiger partial charge in [-0.25, -0.2) is 5.57 Å². The normalized spacial score (nSPS) is 13.9. The maximum absolute atomic E-state index is 4.45. The zero-order chi connectivity index (χ0) is 47.9. The molecule has 0 fully saturated rings. The van der Waals surface area contributed by atoms with E-state index in [-0.39, 0.29) is 58.9 Å². The minimum absolute atomic E-state index is 0. The average molecular weight is 1070 g/mol. The quantitative estimate of drug-likeness (QED) is 0.0676. The molecule has 0 saturated carbocycles. The average Bonchev–Trinajstić information content (AvgIpc) is 3.60. The van der Waals surface area contributed by atoms with Gasteiger partial charge in [0.15, 0.2) is 0 Å². The molecule has 1 aliphatic rings. The molecule has 5 heteroatoms. The van der Waals surface area contributed by atoms with Gasteiger partial charge in [0.1, 0.15) is 8.07 Å². The molecule has 10 rings (SSSR count). The number of hydrogen-bond donors (Lipinski definition) is 0. The molecule has 1 atom stereocenters. The molecule has 0 N–H and O–H groups in total. The number of benzene rings is 9. The van der Waals surface area contributed by atoms with Gasteiger partial charge in [0.2, 0.25) is 0 Å². The van der Waals surface area contributed by atoms with E-state index in [4.69, 9.17) is 0 Å². The molecule has 0 aromatic heterocycles. The second kappa shape index (κ2) is 26.2. The van der Waals surface area contributed by atoms with E-state index in [1.807, 2.05) is 0 Å². The smallest absolute Gasteiger partial charge is 1.00 e. The molecule has 0 radical (unpaired) electrons. The largest absolute Gasteiger partial charge is 4.00 e. The summed E-state index contributed by atoms with van der Waals surface area (Å²) in [5.41, 5.74) is 20.2. The van der Waals surface area contributed by atoms with Crippen molar-refractivity contribution in [2.24, 2.45) is 0 Å². The molecule has 9 aromatic carbocycles. The first-order valence-electron chi connectivity index (χ1n) is 25.2. The maximum atomic E-state index is 4.45. The Morgan fingerprint density at radius 3 is 0.797 bits per heavy atom. The summed E-state index contributed by atoms with van der Waals surface area (Å²) in [4.78, 5) is 0. The Labute approximate surface area is 476 Å². The van der Waals surface area contributed by atoms with Crippen molar-refractivity contribution in [3.8, 4) is 0 Å². The van der Waals surface area contributed by atoms with E-state index < -0.39 is 13.1 Å². The minimum atomic E-state index is -3.49. The Bertz CT molecular complexity index is 2970. The van der Waals surface area contributed by atoms with Gasteiger partial charge in [-0.3, -0.25) is 6.08 Å². The van der Waals surface area contributed by atoms with Crippen molar-refractivity contribution < 1.29 is 58.9 Å². The fourth-order valence-electron chi connectivity index (χ4n) is 11.5. The Kier molecular flexibility index (Phi) is 20.3. The van der Waals surface area contributed by atoms with E-state index in [1.54, 1.807) is 0 Å². The molecule has 0 spiro atoms. The third-order valence-corrected chi connectivity index (χ3v) is 21.1. The second-order valence-corrected chi connectivity index (χ2v) is 23.9. The molecule has 0 nitrogen and oxygen atoms in total. The van der Waals surface area contributed by atoms with Gasteiger partial charge in [0.25, 0.3) is 0 Å². The van der Waals surface area contributed by atoms with Crippen LogP contribution in [-0.2, 0) is 60.2 Å². The summed E-state index contributed by atoms with van der Waals surface area (Å²) in [5.74, 6) is 0. The Balaban J connectivity index is 0.00000223. The van der Waals surface area contributed by atoms with Crippen LogP contribution in [0.4, 0.5) is 0 Å². The molecular weight excluding hydrogens is 1010 g/mol. The summed E-state index contributed by atoms with van der Waals surface area (Å²) in [7, 11) is -3.49. The van der Waals surface area contributed by atoms with Crippen LogP contribution in [0.15, 0.2) is 253 Å². The van der Waals surface area contributed by atoms with E-state index in [1.165, 1.54) is 99.0 Å². The molecule has 0 saturated heterocycles. The summed E-state index contributed by atoms with van der Waals surface area (Å²) >= 11 is 0. The van der Waals surface area contributed by atoms with E-state index in [0.717, 1.165) is 38.5 Å². The Morgan fingerprint density at radius 2 is 0.568 bits per heavy atom. The van der Waals surface area contributed by atoms with Crippen LogP contribution in [-0.4, -0.2) is 8.07 Å². The summed E-state index contributed by atoms with van der Waals surface area (Å²) in [6, 6.07) is 89.6. The molecule has 0 bridgehead atoms. The predicted octanol–water partition coefficient (Wildman–Crippen LogP) is 5.57. The van der Waals surface area contributed by atoms with Crippen molar-refractivity contribution in [2.45, 2.75) is 71.3 Å². The van der Waals surface area contributed by atoms with Crippen molar-refractivity contribution in [1.82, 2.24) is 0 Å². The zero-order valence-corrected chi connectivity index (χ0v) is 47.7.